The lowest BCUT2D eigenvalue weighted by Gasteiger charge is -2.11. The monoisotopic (exact) mass is 349 g/mol. The SMILES string of the molecule is Cc1ccc(Br)cc1NC(=O)Nc1cccnc1C(=O)O. The van der Waals surface area contributed by atoms with Crippen LogP contribution in [0.1, 0.15) is 16.1 Å². The molecule has 6 nitrogen and oxygen atoms in total. The first-order valence-electron chi connectivity index (χ1n) is 6.00. The predicted octanol–water partition coefficient (Wildman–Crippen LogP) is 3.49. The molecule has 108 valence electrons. The average Bonchev–Trinajstić information content (AvgIpc) is 2.43. The number of hydrogen-bond donors (Lipinski definition) is 3. The molecule has 21 heavy (non-hydrogen) atoms. The van der Waals surface area contributed by atoms with E-state index in [4.69, 9.17) is 5.11 Å². The summed E-state index contributed by atoms with van der Waals surface area (Å²) in [5.74, 6) is -1.20. The van der Waals surface area contributed by atoms with E-state index in [-0.39, 0.29) is 11.4 Å². The van der Waals surface area contributed by atoms with E-state index in [1.165, 1.54) is 12.3 Å². The van der Waals surface area contributed by atoms with Crippen molar-refractivity contribution in [2.75, 3.05) is 10.6 Å². The second kappa shape index (κ2) is 6.36. The first-order valence-corrected chi connectivity index (χ1v) is 6.79. The van der Waals surface area contributed by atoms with E-state index < -0.39 is 12.0 Å². The van der Waals surface area contributed by atoms with Crippen LogP contribution in [0.4, 0.5) is 16.2 Å². The highest BCUT2D eigenvalue weighted by Crippen LogP contribution is 2.21. The van der Waals surface area contributed by atoms with Crippen LogP contribution in [0.2, 0.25) is 0 Å². The summed E-state index contributed by atoms with van der Waals surface area (Å²) in [6, 6.07) is 7.97. The minimum atomic E-state index is -1.20. The van der Waals surface area contributed by atoms with Crippen molar-refractivity contribution < 1.29 is 14.7 Å². The standard InChI is InChI=1S/C14H12BrN3O3/c1-8-4-5-9(15)7-11(8)18-14(21)17-10-3-2-6-16-12(10)13(19)20/h2-7H,1H3,(H,19,20)(H2,17,18,21). The third-order valence-corrected chi connectivity index (χ3v) is 3.20. The van der Waals surface area contributed by atoms with Gasteiger partial charge >= 0.3 is 12.0 Å². The zero-order valence-electron chi connectivity index (χ0n) is 11.1. The van der Waals surface area contributed by atoms with Crippen LogP contribution >= 0.6 is 15.9 Å². The van der Waals surface area contributed by atoms with E-state index in [1.54, 1.807) is 12.1 Å². The van der Waals surface area contributed by atoms with Gasteiger partial charge in [-0.1, -0.05) is 22.0 Å². The number of pyridine rings is 1. The third kappa shape index (κ3) is 3.79. The fraction of sp³-hybridized carbons (Fsp3) is 0.0714. The minimum absolute atomic E-state index is 0.134. The topological polar surface area (TPSA) is 91.3 Å². The van der Waals surface area contributed by atoms with Crippen molar-refractivity contribution in [3.63, 3.8) is 0 Å². The van der Waals surface area contributed by atoms with Crippen LogP contribution in [0, 0.1) is 6.92 Å². The van der Waals surface area contributed by atoms with Gasteiger partial charge in [0, 0.05) is 16.4 Å². The second-order valence-electron chi connectivity index (χ2n) is 4.24. The molecule has 0 saturated heterocycles. The molecule has 7 heteroatoms. The molecule has 0 unspecified atom stereocenters. The number of aryl methyl sites for hydroxylation is 1. The first-order chi connectivity index (χ1) is 9.97. The van der Waals surface area contributed by atoms with Gasteiger partial charge < -0.3 is 15.7 Å². The van der Waals surface area contributed by atoms with Gasteiger partial charge in [0.05, 0.1) is 5.69 Å². The van der Waals surface area contributed by atoms with Crippen LogP contribution in [0.25, 0.3) is 0 Å². The first kappa shape index (κ1) is 15.0. The highest BCUT2D eigenvalue weighted by atomic mass is 79.9. The number of hydrogen-bond acceptors (Lipinski definition) is 3. The lowest BCUT2D eigenvalue weighted by molar-refractivity contribution is 0.0692. The van der Waals surface area contributed by atoms with Crippen LogP contribution in [-0.2, 0) is 0 Å². The van der Waals surface area contributed by atoms with E-state index in [0.29, 0.717) is 5.69 Å². The van der Waals surface area contributed by atoms with Crippen LogP contribution in [-0.4, -0.2) is 22.1 Å². The molecular weight excluding hydrogens is 338 g/mol. The second-order valence-corrected chi connectivity index (χ2v) is 5.16. The summed E-state index contributed by atoms with van der Waals surface area (Å²) >= 11 is 3.32. The van der Waals surface area contributed by atoms with Crippen molar-refractivity contribution in [3.8, 4) is 0 Å². The number of carbonyl (C=O) groups is 2. The van der Waals surface area contributed by atoms with Gasteiger partial charge in [0.15, 0.2) is 5.69 Å². The normalized spacial score (nSPS) is 10.0. The fourth-order valence-electron chi connectivity index (χ4n) is 1.68. The van der Waals surface area contributed by atoms with Crippen molar-refractivity contribution >= 4 is 39.3 Å². The van der Waals surface area contributed by atoms with Crippen molar-refractivity contribution in [1.82, 2.24) is 4.98 Å². The molecule has 0 bridgehead atoms. The summed E-state index contributed by atoms with van der Waals surface area (Å²) in [6.45, 7) is 1.86. The highest BCUT2D eigenvalue weighted by Gasteiger charge is 2.13. The fourth-order valence-corrected chi connectivity index (χ4v) is 2.04. The molecule has 2 aromatic rings. The van der Waals surface area contributed by atoms with Crippen molar-refractivity contribution in [1.29, 1.82) is 0 Å². The summed E-state index contributed by atoms with van der Waals surface area (Å²) in [5.41, 5.74) is 1.44. The van der Waals surface area contributed by atoms with E-state index in [2.05, 4.69) is 31.5 Å². The van der Waals surface area contributed by atoms with Crippen molar-refractivity contribution in [2.24, 2.45) is 0 Å². The van der Waals surface area contributed by atoms with E-state index >= 15 is 0 Å². The van der Waals surface area contributed by atoms with Crippen LogP contribution in [0.15, 0.2) is 41.0 Å². The van der Waals surface area contributed by atoms with E-state index in [9.17, 15) is 9.59 Å². The Kier molecular flexibility index (Phi) is 4.54. The number of carboxylic acids is 1. The molecule has 1 heterocycles. The Morgan fingerprint density at radius 3 is 2.62 bits per heavy atom. The molecule has 1 aromatic heterocycles. The van der Waals surface area contributed by atoms with Gasteiger partial charge in [-0.2, -0.15) is 0 Å². The number of benzene rings is 1. The van der Waals surface area contributed by atoms with Crippen molar-refractivity contribution in [2.45, 2.75) is 6.92 Å². The average molecular weight is 350 g/mol. The van der Waals surface area contributed by atoms with Gasteiger partial charge in [-0.15, -0.1) is 0 Å². The van der Waals surface area contributed by atoms with Crippen LogP contribution in [0.3, 0.4) is 0 Å². The Balaban J connectivity index is 2.16. The van der Waals surface area contributed by atoms with Gasteiger partial charge in [0.1, 0.15) is 0 Å². The van der Waals surface area contributed by atoms with Gasteiger partial charge in [-0.3, -0.25) is 0 Å². The number of aromatic nitrogens is 1. The number of carboxylic acid groups (broad SMARTS) is 1. The summed E-state index contributed by atoms with van der Waals surface area (Å²) in [5, 5.41) is 14.2. The third-order valence-electron chi connectivity index (χ3n) is 2.71. The maximum Gasteiger partial charge on any atom is 0.356 e. The van der Waals surface area contributed by atoms with E-state index in [1.807, 2.05) is 19.1 Å². The Morgan fingerprint density at radius 1 is 1.19 bits per heavy atom. The predicted molar refractivity (Wildman–Crippen MR) is 82.7 cm³/mol. The molecular formula is C14H12BrN3O3. The number of carbonyl (C=O) groups excluding carboxylic acids is 1. The quantitative estimate of drug-likeness (QED) is 0.790. The lowest BCUT2D eigenvalue weighted by Crippen LogP contribution is -2.21. The molecule has 0 saturated carbocycles. The van der Waals surface area contributed by atoms with Gasteiger partial charge in [0.2, 0.25) is 0 Å². The Labute approximate surface area is 129 Å². The Hall–Kier alpha value is -2.41. The summed E-state index contributed by atoms with van der Waals surface area (Å²) in [7, 11) is 0. The zero-order chi connectivity index (χ0) is 15.4. The number of urea groups is 1. The molecule has 0 radical (unpaired) electrons. The van der Waals surface area contributed by atoms with Crippen molar-refractivity contribution in [3.05, 3.63) is 52.3 Å². The van der Waals surface area contributed by atoms with Crippen LogP contribution < -0.4 is 10.6 Å². The number of nitrogens with one attached hydrogen (secondary N) is 2. The number of amides is 2. The smallest absolute Gasteiger partial charge is 0.356 e. The summed E-state index contributed by atoms with van der Waals surface area (Å²) in [4.78, 5) is 26.7. The number of halogens is 1. The number of aromatic carboxylic acids is 1. The molecule has 0 fully saturated rings. The Bertz CT molecular complexity index is 704. The molecule has 0 spiro atoms. The molecule has 0 aliphatic carbocycles. The molecule has 0 atom stereocenters. The maximum absolute atomic E-state index is 12.0. The van der Waals surface area contributed by atoms with Gasteiger partial charge in [-0.05, 0) is 36.8 Å². The zero-order valence-corrected chi connectivity index (χ0v) is 12.6. The maximum atomic E-state index is 12.0. The number of nitrogens with zero attached hydrogens (tertiary/aromatic N) is 1. The summed E-state index contributed by atoms with van der Waals surface area (Å²) < 4.78 is 0.830. The number of rotatable bonds is 3. The highest BCUT2D eigenvalue weighted by molar-refractivity contribution is 9.10. The molecule has 2 amide bonds. The summed E-state index contributed by atoms with van der Waals surface area (Å²) in [6.07, 6.45) is 1.35. The molecule has 3 N–H and O–H groups in total. The Morgan fingerprint density at radius 2 is 1.90 bits per heavy atom. The van der Waals surface area contributed by atoms with Gasteiger partial charge in [0.25, 0.3) is 0 Å². The molecule has 0 aliphatic heterocycles. The number of anilines is 2. The lowest BCUT2D eigenvalue weighted by atomic mass is 10.2. The molecule has 0 aliphatic rings. The van der Waals surface area contributed by atoms with E-state index in [0.717, 1.165) is 10.0 Å². The molecule has 1 aromatic carbocycles. The minimum Gasteiger partial charge on any atom is -0.476 e. The molecule has 2 rings (SSSR count). The van der Waals surface area contributed by atoms with Gasteiger partial charge in [-0.25, -0.2) is 14.6 Å². The largest absolute Gasteiger partial charge is 0.476 e. The van der Waals surface area contributed by atoms with Crippen LogP contribution in [0.5, 0.6) is 0 Å².